The minimum atomic E-state index is -3.65. The number of sulfonamides is 1. The molecule has 0 aromatic heterocycles. The molecule has 0 unspecified atom stereocenters. The summed E-state index contributed by atoms with van der Waals surface area (Å²) in [7, 11) is -3.65. The van der Waals surface area contributed by atoms with Gasteiger partial charge >= 0.3 is 0 Å². The number of nitrogens with one attached hydrogen (secondary N) is 1. The lowest BCUT2D eigenvalue weighted by Gasteiger charge is -2.09. The van der Waals surface area contributed by atoms with E-state index in [1.807, 2.05) is 0 Å². The summed E-state index contributed by atoms with van der Waals surface area (Å²) in [5.74, 6) is 0. The molecule has 0 saturated heterocycles. The minimum Gasteiger partial charge on any atom is -0.399 e. The van der Waals surface area contributed by atoms with Crippen molar-refractivity contribution in [3.05, 3.63) is 58.1 Å². The summed E-state index contributed by atoms with van der Waals surface area (Å²) in [6, 6.07) is 11.7. The predicted octanol–water partition coefficient (Wildman–Crippen LogP) is 2.00. The number of rotatable bonds is 5. The fourth-order valence-corrected chi connectivity index (χ4v) is 3.76. The fourth-order valence-electron chi connectivity index (χ4n) is 1.74. The van der Waals surface area contributed by atoms with Crippen LogP contribution in [0.3, 0.4) is 0 Å². The van der Waals surface area contributed by atoms with Crippen molar-refractivity contribution in [2.24, 2.45) is 0 Å². The number of hydrogen-bond acceptors (Lipinski definition) is 4. The highest BCUT2D eigenvalue weighted by molar-refractivity contribution is 9.10. The van der Waals surface area contributed by atoms with E-state index >= 15 is 0 Å². The number of halogens is 1. The number of aliphatic hydroxyl groups is 1. The van der Waals surface area contributed by atoms with Gasteiger partial charge in [-0.3, -0.25) is 0 Å². The van der Waals surface area contributed by atoms with E-state index in [0.29, 0.717) is 10.2 Å². The van der Waals surface area contributed by atoms with Crippen LogP contribution in [-0.4, -0.2) is 13.5 Å². The van der Waals surface area contributed by atoms with Gasteiger partial charge in [0.25, 0.3) is 0 Å². The van der Waals surface area contributed by atoms with Crippen molar-refractivity contribution in [1.29, 1.82) is 0 Å². The van der Waals surface area contributed by atoms with Gasteiger partial charge in [0.15, 0.2) is 0 Å². The Labute approximate surface area is 132 Å². The summed E-state index contributed by atoms with van der Waals surface area (Å²) in [4.78, 5) is 0.106. The SMILES string of the molecule is Nc1ccc(Br)c(S(=O)(=O)NCc2ccc(CO)cc2)c1. The number of anilines is 1. The molecule has 0 fully saturated rings. The van der Waals surface area contributed by atoms with Crippen LogP contribution >= 0.6 is 15.9 Å². The van der Waals surface area contributed by atoms with E-state index < -0.39 is 10.0 Å². The first kappa shape index (κ1) is 16.0. The highest BCUT2D eigenvalue weighted by Gasteiger charge is 2.17. The molecule has 0 radical (unpaired) electrons. The third kappa shape index (κ3) is 4.04. The van der Waals surface area contributed by atoms with Crippen LogP contribution in [0.25, 0.3) is 0 Å². The third-order valence-corrected chi connectivity index (χ3v) is 5.31. The first-order valence-electron chi connectivity index (χ1n) is 6.16. The maximum absolute atomic E-state index is 12.3. The zero-order valence-corrected chi connectivity index (χ0v) is 13.5. The van der Waals surface area contributed by atoms with E-state index in [9.17, 15) is 8.42 Å². The van der Waals surface area contributed by atoms with Crippen LogP contribution in [0.2, 0.25) is 0 Å². The maximum Gasteiger partial charge on any atom is 0.242 e. The summed E-state index contributed by atoms with van der Waals surface area (Å²) in [5.41, 5.74) is 7.59. The fraction of sp³-hybridized carbons (Fsp3) is 0.143. The van der Waals surface area contributed by atoms with Crippen LogP contribution in [0.5, 0.6) is 0 Å². The predicted molar refractivity (Wildman–Crippen MR) is 84.9 cm³/mol. The molecular weight excluding hydrogens is 356 g/mol. The van der Waals surface area contributed by atoms with Crippen LogP contribution in [0.1, 0.15) is 11.1 Å². The Morgan fingerprint density at radius 1 is 1.10 bits per heavy atom. The molecule has 2 rings (SSSR count). The number of aliphatic hydroxyl groups excluding tert-OH is 1. The largest absolute Gasteiger partial charge is 0.399 e. The normalized spacial score (nSPS) is 11.5. The Morgan fingerprint density at radius 3 is 2.33 bits per heavy atom. The van der Waals surface area contributed by atoms with E-state index in [1.54, 1.807) is 36.4 Å². The van der Waals surface area contributed by atoms with E-state index in [-0.39, 0.29) is 18.0 Å². The summed E-state index contributed by atoms with van der Waals surface area (Å²) in [5, 5.41) is 8.96. The Hall–Kier alpha value is -1.41. The monoisotopic (exact) mass is 370 g/mol. The average Bonchev–Trinajstić information content (AvgIpc) is 2.48. The molecule has 2 aromatic carbocycles. The second kappa shape index (κ2) is 6.57. The quantitative estimate of drug-likeness (QED) is 0.701. The van der Waals surface area contributed by atoms with Gasteiger partial charge in [-0.15, -0.1) is 0 Å². The van der Waals surface area contributed by atoms with Crippen molar-refractivity contribution in [2.45, 2.75) is 18.0 Å². The van der Waals surface area contributed by atoms with E-state index in [2.05, 4.69) is 20.7 Å². The van der Waals surface area contributed by atoms with Gasteiger partial charge in [0.1, 0.15) is 0 Å². The van der Waals surface area contributed by atoms with Gasteiger partial charge in [0.05, 0.1) is 11.5 Å². The van der Waals surface area contributed by atoms with Gasteiger partial charge in [-0.2, -0.15) is 0 Å². The Bertz CT molecular complexity index is 730. The Morgan fingerprint density at radius 2 is 1.71 bits per heavy atom. The summed E-state index contributed by atoms with van der Waals surface area (Å²) in [6.07, 6.45) is 0. The van der Waals surface area contributed by atoms with Gasteiger partial charge in [-0.1, -0.05) is 24.3 Å². The first-order valence-corrected chi connectivity index (χ1v) is 8.43. The molecule has 0 heterocycles. The van der Waals surface area contributed by atoms with Crippen LogP contribution in [0.4, 0.5) is 5.69 Å². The van der Waals surface area contributed by atoms with Crippen molar-refractivity contribution in [3.63, 3.8) is 0 Å². The average molecular weight is 371 g/mol. The zero-order chi connectivity index (χ0) is 15.5. The van der Waals surface area contributed by atoms with Crippen LogP contribution in [0, 0.1) is 0 Å². The van der Waals surface area contributed by atoms with Crippen LogP contribution in [-0.2, 0) is 23.2 Å². The lowest BCUT2D eigenvalue weighted by atomic mass is 10.1. The van der Waals surface area contributed by atoms with Gasteiger partial charge in [-0.05, 0) is 45.3 Å². The molecule has 0 atom stereocenters. The van der Waals surface area contributed by atoms with Crippen molar-refractivity contribution < 1.29 is 13.5 Å². The lowest BCUT2D eigenvalue weighted by Crippen LogP contribution is -2.23. The lowest BCUT2D eigenvalue weighted by molar-refractivity contribution is 0.282. The van der Waals surface area contributed by atoms with Crippen molar-refractivity contribution in [1.82, 2.24) is 4.72 Å². The molecule has 112 valence electrons. The van der Waals surface area contributed by atoms with E-state index in [4.69, 9.17) is 10.8 Å². The molecule has 0 spiro atoms. The number of nitrogen functional groups attached to an aromatic ring is 1. The van der Waals surface area contributed by atoms with Crippen molar-refractivity contribution in [2.75, 3.05) is 5.73 Å². The van der Waals surface area contributed by atoms with E-state index in [0.717, 1.165) is 11.1 Å². The van der Waals surface area contributed by atoms with Crippen LogP contribution < -0.4 is 10.5 Å². The smallest absolute Gasteiger partial charge is 0.242 e. The molecule has 21 heavy (non-hydrogen) atoms. The number of nitrogens with two attached hydrogens (primary N) is 1. The Kier molecular flexibility index (Phi) is 5.00. The molecular formula is C14H15BrN2O3S. The van der Waals surface area contributed by atoms with Crippen molar-refractivity contribution >= 4 is 31.6 Å². The maximum atomic E-state index is 12.3. The van der Waals surface area contributed by atoms with Crippen molar-refractivity contribution in [3.8, 4) is 0 Å². The molecule has 2 aromatic rings. The van der Waals surface area contributed by atoms with Gasteiger partial charge in [0, 0.05) is 16.7 Å². The standard InChI is InChI=1S/C14H15BrN2O3S/c15-13-6-5-12(16)7-14(13)21(19,20)17-8-10-1-3-11(9-18)4-2-10/h1-7,17-18H,8-9,16H2. The molecule has 0 aliphatic rings. The van der Waals surface area contributed by atoms with Crippen LogP contribution in [0.15, 0.2) is 51.8 Å². The highest BCUT2D eigenvalue weighted by atomic mass is 79.9. The molecule has 0 bridgehead atoms. The Balaban J connectivity index is 2.15. The third-order valence-electron chi connectivity index (χ3n) is 2.92. The summed E-state index contributed by atoms with van der Waals surface area (Å²) in [6.45, 7) is 0.123. The molecule has 0 amide bonds. The minimum absolute atomic E-state index is 0.0394. The number of hydrogen-bond donors (Lipinski definition) is 3. The zero-order valence-electron chi connectivity index (χ0n) is 11.1. The molecule has 0 saturated carbocycles. The summed E-state index contributed by atoms with van der Waals surface area (Å²) >= 11 is 3.21. The number of benzene rings is 2. The second-order valence-electron chi connectivity index (χ2n) is 4.49. The first-order chi connectivity index (χ1) is 9.92. The summed E-state index contributed by atoms with van der Waals surface area (Å²) < 4.78 is 27.5. The molecule has 7 heteroatoms. The molecule has 0 aliphatic carbocycles. The van der Waals surface area contributed by atoms with Gasteiger partial charge in [0.2, 0.25) is 10.0 Å². The topological polar surface area (TPSA) is 92.4 Å². The molecule has 4 N–H and O–H groups in total. The molecule has 0 aliphatic heterocycles. The van der Waals surface area contributed by atoms with Gasteiger partial charge < -0.3 is 10.8 Å². The van der Waals surface area contributed by atoms with E-state index in [1.165, 1.54) is 6.07 Å². The van der Waals surface area contributed by atoms with Gasteiger partial charge in [-0.25, -0.2) is 13.1 Å². The molecule has 5 nitrogen and oxygen atoms in total. The highest BCUT2D eigenvalue weighted by Crippen LogP contribution is 2.24. The second-order valence-corrected chi connectivity index (χ2v) is 7.08.